The zero-order valence-corrected chi connectivity index (χ0v) is 18.3. The molecule has 0 radical (unpaired) electrons. The minimum absolute atomic E-state index is 0. The lowest BCUT2D eigenvalue weighted by Gasteiger charge is -2.40. The van der Waals surface area contributed by atoms with Crippen LogP contribution < -0.4 is 0 Å². The SMILES string of the molecule is CCc1ccc(C(O)(CC)C(CN2CCOCC2)c2ccc(Cl)cc2)cc1.Cl. The standard InChI is InChI=1S/C23H30ClNO2.ClH/c1-3-18-5-9-20(10-6-18)23(26,4-2)22(17-25-13-15-27-16-14-25)19-7-11-21(24)12-8-19;/h5-12,22,26H,3-4,13-17H2,1-2H3;1H. The molecule has 1 fully saturated rings. The number of morpholine rings is 1. The fourth-order valence-electron chi connectivity index (χ4n) is 3.95. The topological polar surface area (TPSA) is 32.7 Å². The Kier molecular flexibility index (Phi) is 8.79. The predicted molar refractivity (Wildman–Crippen MR) is 119 cm³/mol. The van der Waals surface area contributed by atoms with Gasteiger partial charge < -0.3 is 9.84 Å². The van der Waals surface area contributed by atoms with E-state index < -0.39 is 5.60 Å². The first-order valence-corrected chi connectivity index (χ1v) is 10.3. The molecule has 0 bridgehead atoms. The summed E-state index contributed by atoms with van der Waals surface area (Å²) >= 11 is 6.12. The molecule has 28 heavy (non-hydrogen) atoms. The van der Waals surface area contributed by atoms with E-state index in [4.69, 9.17) is 16.3 Å². The zero-order valence-electron chi connectivity index (χ0n) is 16.7. The number of hydrogen-bond acceptors (Lipinski definition) is 3. The van der Waals surface area contributed by atoms with Crippen LogP contribution in [-0.4, -0.2) is 42.9 Å². The highest BCUT2D eigenvalue weighted by molar-refractivity contribution is 6.30. The van der Waals surface area contributed by atoms with Crippen molar-refractivity contribution >= 4 is 24.0 Å². The highest BCUT2D eigenvalue weighted by Gasteiger charge is 2.39. The lowest BCUT2D eigenvalue weighted by molar-refractivity contribution is -0.0250. The summed E-state index contributed by atoms with van der Waals surface area (Å²) < 4.78 is 5.50. The van der Waals surface area contributed by atoms with Crippen LogP contribution in [0.5, 0.6) is 0 Å². The number of halogens is 2. The lowest BCUT2D eigenvalue weighted by Crippen LogP contribution is -2.44. The minimum Gasteiger partial charge on any atom is -0.384 e. The molecule has 2 atom stereocenters. The van der Waals surface area contributed by atoms with Crippen molar-refractivity contribution in [1.82, 2.24) is 4.90 Å². The molecule has 0 aliphatic carbocycles. The van der Waals surface area contributed by atoms with E-state index in [-0.39, 0.29) is 18.3 Å². The molecular formula is C23H31Cl2NO2. The van der Waals surface area contributed by atoms with Crippen molar-refractivity contribution < 1.29 is 9.84 Å². The number of ether oxygens (including phenoxy) is 1. The average molecular weight is 424 g/mol. The summed E-state index contributed by atoms with van der Waals surface area (Å²) in [5.74, 6) is -0.0367. The molecule has 1 aliphatic rings. The van der Waals surface area contributed by atoms with E-state index in [1.54, 1.807) is 0 Å². The van der Waals surface area contributed by atoms with Gasteiger partial charge in [0.05, 0.1) is 18.8 Å². The van der Waals surface area contributed by atoms with Crippen LogP contribution in [0.25, 0.3) is 0 Å². The summed E-state index contributed by atoms with van der Waals surface area (Å²) in [5.41, 5.74) is 2.46. The number of aryl methyl sites for hydroxylation is 1. The largest absolute Gasteiger partial charge is 0.384 e. The second-order valence-electron chi connectivity index (χ2n) is 7.35. The molecule has 2 unspecified atom stereocenters. The Hall–Kier alpha value is -1.10. The summed E-state index contributed by atoms with van der Waals surface area (Å²) in [4.78, 5) is 2.39. The van der Waals surface area contributed by atoms with Crippen molar-refractivity contribution in [3.05, 3.63) is 70.2 Å². The quantitative estimate of drug-likeness (QED) is 0.676. The molecule has 1 aliphatic heterocycles. The molecule has 5 heteroatoms. The summed E-state index contributed by atoms with van der Waals surface area (Å²) in [5, 5.41) is 12.6. The fraction of sp³-hybridized carbons (Fsp3) is 0.478. The van der Waals surface area contributed by atoms with Crippen LogP contribution in [0.15, 0.2) is 48.5 Å². The van der Waals surface area contributed by atoms with Gasteiger partial charge >= 0.3 is 0 Å². The Labute approximate surface area is 180 Å². The molecule has 154 valence electrons. The van der Waals surface area contributed by atoms with Gasteiger partial charge in [-0.15, -0.1) is 12.4 Å². The Bertz CT molecular complexity index is 714. The first-order chi connectivity index (χ1) is 13.1. The van der Waals surface area contributed by atoms with Crippen molar-refractivity contribution in [3.8, 4) is 0 Å². The van der Waals surface area contributed by atoms with Crippen molar-refractivity contribution in [2.45, 2.75) is 38.2 Å². The Morgan fingerprint density at radius 2 is 1.64 bits per heavy atom. The third-order valence-electron chi connectivity index (χ3n) is 5.79. The van der Waals surface area contributed by atoms with Crippen LogP contribution in [0.4, 0.5) is 0 Å². The highest BCUT2D eigenvalue weighted by Crippen LogP contribution is 2.41. The van der Waals surface area contributed by atoms with Crippen LogP contribution in [-0.2, 0) is 16.8 Å². The van der Waals surface area contributed by atoms with Gasteiger partial charge in [-0.3, -0.25) is 4.90 Å². The lowest BCUT2D eigenvalue weighted by atomic mass is 9.75. The Morgan fingerprint density at radius 1 is 1.04 bits per heavy atom. The van der Waals surface area contributed by atoms with Gasteiger partial charge in [0.2, 0.25) is 0 Å². The molecule has 0 aromatic heterocycles. The second kappa shape index (κ2) is 10.6. The number of hydrogen-bond donors (Lipinski definition) is 1. The number of benzene rings is 2. The van der Waals surface area contributed by atoms with Crippen LogP contribution in [0, 0.1) is 0 Å². The third-order valence-corrected chi connectivity index (χ3v) is 6.05. The maximum absolute atomic E-state index is 11.9. The van der Waals surface area contributed by atoms with E-state index in [1.807, 2.05) is 12.1 Å². The molecule has 0 amide bonds. The number of nitrogens with zero attached hydrogens (tertiary/aromatic N) is 1. The fourth-order valence-corrected chi connectivity index (χ4v) is 4.08. The van der Waals surface area contributed by atoms with Gasteiger partial charge in [-0.1, -0.05) is 61.8 Å². The van der Waals surface area contributed by atoms with Gasteiger partial charge in [-0.25, -0.2) is 0 Å². The maximum Gasteiger partial charge on any atom is 0.0974 e. The van der Waals surface area contributed by atoms with E-state index in [0.29, 0.717) is 6.42 Å². The first-order valence-electron chi connectivity index (χ1n) is 9.94. The Balaban J connectivity index is 0.00000280. The summed E-state index contributed by atoms with van der Waals surface area (Å²) in [6, 6.07) is 16.4. The van der Waals surface area contributed by atoms with E-state index in [2.05, 4.69) is 55.1 Å². The molecular weight excluding hydrogens is 393 g/mol. The van der Waals surface area contributed by atoms with Crippen LogP contribution >= 0.6 is 24.0 Å². The predicted octanol–water partition coefficient (Wildman–Crippen LogP) is 5.04. The van der Waals surface area contributed by atoms with Crippen molar-refractivity contribution in [1.29, 1.82) is 0 Å². The van der Waals surface area contributed by atoms with Crippen LogP contribution in [0.3, 0.4) is 0 Å². The number of rotatable bonds is 7. The van der Waals surface area contributed by atoms with Gasteiger partial charge in [-0.05, 0) is 41.7 Å². The van der Waals surface area contributed by atoms with Gasteiger partial charge in [0, 0.05) is 30.6 Å². The van der Waals surface area contributed by atoms with Crippen molar-refractivity contribution in [2.24, 2.45) is 0 Å². The molecule has 2 aromatic rings. The molecule has 3 nitrogen and oxygen atoms in total. The molecule has 0 saturated carbocycles. The first kappa shape index (κ1) is 23.2. The zero-order chi connectivity index (χ0) is 19.3. The van der Waals surface area contributed by atoms with Crippen molar-refractivity contribution in [2.75, 3.05) is 32.8 Å². The summed E-state index contributed by atoms with van der Waals surface area (Å²) in [6.45, 7) is 8.32. The molecule has 3 rings (SSSR count). The summed E-state index contributed by atoms with van der Waals surface area (Å²) in [7, 11) is 0. The average Bonchev–Trinajstić information content (AvgIpc) is 2.73. The molecule has 1 saturated heterocycles. The van der Waals surface area contributed by atoms with E-state index in [1.165, 1.54) is 5.56 Å². The Morgan fingerprint density at radius 3 is 2.18 bits per heavy atom. The van der Waals surface area contributed by atoms with Gasteiger partial charge in [0.1, 0.15) is 0 Å². The minimum atomic E-state index is -0.932. The van der Waals surface area contributed by atoms with E-state index in [9.17, 15) is 5.11 Å². The molecule has 0 spiro atoms. The van der Waals surface area contributed by atoms with E-state index >= 15 is 0 Å². The number of aliphatic hydroxyl groups is 1. The van der Waals surface area contributed by atoms with Crippen molar-refractivity contribution in [3.63, 3.8) is 0 Å². The van der Waals surface area contributed by atoms with E-state index in [0.717, 1.165) is 55.4 Å². The normalized spacial score (nSPS) is 18.1. The maximum atomic E-state index is 11.9. The highest BCUT2D eigenvalue weighted by atomic mass is 35.5. The van der Waals surface area contributed by atoms with Gasteiger partial charge in [0.25, 0.3) is 0 Å². The smallest absolute Gasteiger partial charge is 0.0974 e. The molecule has 1 N–H and O–H groups in total. The molecule has 2 aromatic carbocycles. The second-order valence-corrected chi connectivity index (χ2v) is 7.78. The van der Waals surface area contributed by atoms with Gasteiger partial charge in [-0.2, -0.15) is 0 Å². The third kappa shape index (κ3) is 5.28. The monoisotopic (exact) mass is 423 g/mol. The van der Waals surface area contributed by atoms with Gasteiger partial charge in [0.15, 0.2) is 0 Å². The molecule has 1 heterocycles. The summed E-state index contributed by atoms with van der Waals surface area (Å²) in [6.07, 6.45) is 1.65. The van der Waals surface area contributed by atoms with Crippen LogP contribution in [0.2, 0.25) is 5.02 Å². The van der Waals surface area contributed by atoms with Crippen LogP contribution in [0.1, 0.15) is 42.9 Å².